The molecule has 5 atom stereocenters. The van der Waals surface area contributed by atoms with E-state index < -0.39 is 17.8 Å². The molecule has 0 bridgehead atoms. The summed E-state index contributed by atoms with van der Waals surface area (Å²) in [7, 11) is 0. The van der Waals surface area contributed by atoms with Crippen LogP contribution >= 0.6 is 0 Å². The van der Waals surface area contributed by atoms with Gasteiger partial charge in [0.15, 0.2) is 0 Å². The molecule has 1 aliphatic rings. The summed E-state index contributed by atoms with van der Waals surface area (Å²) >= 11 is 0. The monoisotopic (exact) mass is 352 g/mol. The average Bonchev–Trinajstić information content (AvgIpc) is 2.55. The zero-order chi connectivity index (χ0) is 18.6. The number of quaternary nitrogens is 1. The molecular weight excluding hydrogens is 325 g/mol. The van der Waals surface area contributed by atoms with E-state index in [1.807, 2.05) is 19.2 Å². The Hall–Kier alpha value is -1.95. The molecule has 0 saturated carbocycles. The first-order valence-corrected chi connectivity index (χ1v) is 8.84. The van der Waals surface area contributed by atoms with E-state index in [-0.39, 0.29) is 43.1 Å². The average molecular weight is 352 g/mol. The van der Waals surface area contributed by atoms with Gasteiger partial charge >= 0.3 is 11.9 Å². The molecule has 1 aliphatic heterocycles. The molecule has 1 saturated heterocycles. The van der Waals surface area contributed by atoms with Crippen LogP contribution in [0.5, 0.6) is 0 Å². The van der Waals surface area contributed by atoms with Crippen molar-refractivity contribution in [1.82, 2.24) is 0 Å². The Balaban J connectivity index is 2.49. The zero-order valence-corrected chi connectivity index (χ0v) is 15.2. The Labute approximate surface area is 147 Å². The van der Waals surface area contributed by atoms with Crippen molar-refractivity contribution in [2.75, 3.05) is 13.2 Å². The lowest BCUT2D eigenvalue weighted by Gasteiger charge is -2.41. The lowest BCUT2D eigenvalue weighted by molar-refractivity contribution is -0.734. The molecule has 1 aromatic carbocycles. The van der Waals surface area contributed by atoms with Crippen LogP contribution in [-0.2, 0) is 19.1 Å². The smallest absolute Gasteiger partial charge is 0.315 e. The molecule has 0 amide bonds. The third kappa shape index (κ3) is 4.18. The minimum absolute atomic E-state index is 0.0604. The van der Waals surface area contributed by atoms with Gasteiger partial charge in [0.05, 0.1) is 25.3 Å². The predicted molar refractivity (Wildman–Crippen MR) is 90.2 cm³/mol. The van der Waals surface area contributed by atoms with Crippen molar-refractivity contribution in [3.05, 3.63) is 35.6 Å². The molecule has 6 heteroatoms. The fourth-order valence-corrected chi connectivity index (χ4v) is 3.89. The topological polar surface area (TPSA) is 69.2 Å². The number of nitrogens with two attached hydrogens (primary N) is 1. The van der Waals surface area contributed by atoms with Crippen LogP contribution in [-0.4, -0.2) is 37.2 Å². The minimum atomic E-state index is -0.504. The molecule has 0 spiro atoms. The highest BCUT2D eigenvalue weighted by molar-refractivity contribution is 5.79. The van der Waals surface area contributed by atoms with Gasteiger partial charge in [-0.05, 0) is 45.4 Å². The fourth-order valence-electron chi connectivity index (χ4n) is 3.89. The van der Waals surface area contributed by atoms with Crippen molar-refractivity contribution in [3.8, 4) is 0 Å². The summed E-state index contributed by atoms with van der Waals surface area (Å²) in [6.07, 6.45) is 0. The number of ether oxygens (including phenoxy) is 2. The molecule has 1 aromatic rings. The standard InChI is InChI=1S/C19H26FNO4/c1-5-24-18(22)15-11(3)21-12(4)16(19(23)25-6-2)17(15)13-7-9-14(20)10-8-13/h7-12,15-17,21H,5-6H2,1-4H3/p+1/t11-,12+,15-,16-,17?/m0/s1. The van der Waals surface area contributed by atoms with E-state index in [2.05, 4.69) is 0 Å². The summed E-state index contributed by atoms with van der Waals surface area (Å²) in [5.41, 5.74) is 0.754. The number of carbonyl (C=O) groups excluding carboxylic acids is 2. The van der Waals surface area contributed by atoms with Crippen LogP contribution in [0.15, 0.2) is 24.3 Å². The number of esters is 2. The summed E-state index contributed by atoms with van der Waals surface area (Å²) < 4.78 is 23.9. The van der Waals surface area contributed by atoms with Gasteiger partial charge < -0.3 is 14.8 Å². The van der Waals surface area contributed by atoms with E-state index in [9.17, 15) is 14.0 Å². The zero-order valence-electron chi connectivity index (χ0n) is 15.2. The second-order valence-electron chi connectivity index (χ2n) is 6.54. The highest BCUT2D eigenvalue weighted by atomic mass is 19.1. The van der Waals surface area contributed by atoms with Gasteiger partial charge in [-0.1, -0.05) is 12.1 Å². The lowest BCUT2D eigenvalue weighted by Crippen LogP contribution is -2.99. The van der Waals surface area contributed by atoms with E-state index in [0.29, 0.717) is 0 Å². The van der Waals surface area contributed by atoms with Crippen LogP contribution in [0.1, 0.15) is 39.2 Å². The number of halogens is 1. The summed E-state index contributed by atoms with van der Waals surface area (Å²) in [4.78, 5) is 25.2. The second-order valence-corrected chi connectivity index (χ2v) is 6.54. The van der Waals surface area contributed by atoms with Gasteiger partial charge in [0, 0.05) is 5.92 Å². The maximum absolute atomic E-state index is 13.4. The van der Waals surface area contributed by atoms with Crippen molar-refractivity contribution in [2.45, 2.75) is 45.7 Å². The molecule has 0 radical (unpaired) electrons. The number of carbonyl (C=O) groups is 2. The highest BCUT2D eigenvalue weighted by Crippen LogP contribution is 2.39. The van der Waals surface area contributed by atoms with E-state index in [4.69, 9.17) is 9.47 Å². The molecule has 2 N–H and O–H groups in total. The van der Waals surface area contributed by atoms with Gasteiger partial charge in [0.25, 0.3) is 0 Å². The first kappa shape index (κ1) is 19.4. The molecular formula is C19H27FNO4+. The third-order valence-corrected chi connectivity index (χ3v) is 4.89. The molecule has 25 heavy (non-hydrogen) atoms. The molecule has 5 nitrogen and oxygen atoms in total. The van der Waals surface area contributed by atoms with Gasteiger partial charge in [-0.15, -0.1) is 0 Å². The Morgan fingerprint density at radius 2 is 1.40 bits per heavy atom. The van der Waals surface area contributed by atoms with Crippen LogP contribution in [0.2, 0.25) is 0 Å². The van der Waals surface area contributed by atoms with E-state index in [0.717, 1.165) is 5.56 Å². The summed E-state index contributed by atoms with van der Waals surface area (Å²) in [5, 5.41) is 2.02. The molecule has 1 fully saturated rings. The van der Waals surface area contributed by atoms with E-state index in [1.165, 1.54) is 12.1 Å². The van der Waals surface area contributed by atoms with Gasteiger partial charge in [0.1, 0.15) is 17.7 Å². The molecule has 0 aromatic heterocycles. The Kier molecular flexibility index (Phi) is 6.53. The molecule has 138 valence electrons. The van der Waals surface area contributed by atoms with Crippen LogP contribution in [0.25, 0.3) is 0 Å². The van der Waals surface area contributed by atoms with Gasteiger partial charge in [-0.25, -0.2) is 4.39 Å². The van der Waals surface area contributed by atoms with Crippen molar-refractivity contribution >= 4 is 11.9 Å². The molecule has 1 heterocycles. The number of piperidine rings is 1. The predicted octanol–water partition coefficient (Wildman–Crippen LogP) is 1.62. The lowest BCUT2D eigenvalue weighted by atomic mass is 9.68. The quantitative estimate of drug-likeness (QED) is 0.818. The third-order valence-electron chi connectivity index (χ3n) is 4.89. The second kappa shape index (κ2) is 8.43. The maximum atomic E-state index is 13.4. The number of hydrogen-bond donors (Lipinski definition) is 1. The fraction of sp³-hybridized carbons (Fsp3) is 0.579. The first-order valence-electron chi connectivity index (χ1n) is 8.84. The maximum Gasteiger partial charge on any atom is 0.315 e. The summed E-state index contributed by atoms with van der Waals surface area (Å²) in [5.74, 6) is -2.43. The minimum Gasteiger partial charge on any atom is -0.466 e. The van der Waals surface area contributed by atoms with E-state index in [1.54, 1.807) is 26.0 Å². The number of hydrogen-bond acceptors (Lipinski definition) is 4. The van der Waals surface area contributed by atoms with Gasteiger partial charge in [-0.2, -0.15) is 0 Å². The highest BCUT2D eigenvalue weighted by Gasteiger charge is 2.52. The van der Waals surface area contributed by atoms with Crippen molar-refractivity contribution in [3.63, 3.8) is 0 Å². The van der Waals surface area contributed by atoms with Crippen molar-refractivity contribution in [2.24, 2.45) is 11.8 Å². The number of benzene rings is 1. The number of rotatable bonds is 5. The van der Waals surface area contributed by atoms with Gasteiger partial charge in [-0.3, -0.25) is 9.59 Å². The Bertz CT molecular complexity index is 574. The Morgan fingerprint density at radius 1 is 0.960 bits per heavy atom. The van der Waals surface area contributed by atoms with Crippen LogP contribution in [0.3, 0.4) is 0 Å². The first-order chi connectivity index (χ1) is 11.9. The van der Waals surface area contributed by atoms with Gasteiger partial charge in [0.2, 0.25) is 0 Å². The Morgan fingerprint density at radius 3 is 1.80 bits per heavy atom. The SMILES string of the molecule is CCOC(=O)[C@@H]1C(c2ccc(F)cc2)[C@@H](C(=O)OCC)[C@@H](C)[NH2+][C@H]1C. The summed E-state index contributed by atoms with van der Waals surface area (Å²) in [6, 6.07) is 5.87. The molecule has 1 unspecified atom stereocenters. The van der Waals surface area contributed by atoms with Crippen LogP contribution in [0.4, 0.5) is 4.39 Å². The van der Waals surface area contributed by atoms with E-state index >= 15 is 0 Å². The normalized spacial score (nSPS) is 29.1. The van der Waals surface area contributed by atoms with Crippen LogP contribution in [0, 0.1) is 17.7 Å². The van der Waals surface area contributed by atoms with Crippen molar-refractivity contribution < 1.29 is 28.8 Å². The molecule has 2 rings (SSSR count). The molecule has 0 aliphatic carbocycles. The largest absolute Gasteiger partial charge is 0.466 e. The van der Waals surface area contributed by atoms with Crippen LogP contribution < -0.4 is 5.32 Å². The van der Waals surface area contributed by atoms with Crippen molar-refractivity contribution in [1.29, 1.82) is 0 Å². The summed E-state index contributed by atoms with van der Waals surface area (Å²) in [6.45, 7) is 7.97.